The molecular formula is C9H8ClN3O5. The molecule has 18 heavy (non-hydrogen) atoms. The number of carboxylic acids is 1. The summed E-state index contributed by atoms with van der Waals surface area (Å²) in [6.45, 7) is 1.25. The third-order valence-corrected chi connectivity index (χ3v) is 2.30. The molecule has 0 aliphatic rings. The van der Waals surface area contributed by atoms with Gasteiger partial charge in [0.1, 0.15) is 17.4 Å². The van der Waals surface area contributed by atoms with Gasteiger partial charge < -0.3 is 10.4 Å². The number of nitrogens with one attached hydrogen (secondary N) is 1. The van der Waals surface area contributed by atoms with Gasteiger partial charge in [-0.05, 0) is 6.92 Å². The van der Waals surface area contributed by atoms with Crippen LogP contribution in [0.5, 0.6) is 0 Å². The summed E-state index contributed by atoms with van der Waals surface area (Å²) in [5.74, 6) is -2.08. The van der Waals surface area contributed by atoms with Crippen LogP contribution < -0.4 is 5.32 Å². The molecule has 1 atom stereocenters. The first kappa shape index (κ1) is 13.8. The van der Waals surface area contributed by atoms with Gasteiger partial charge in [-0.15, -0.1) is 0 Å². The molecule has 1 aromatic heterocycles. The van der Waals surface area contributed by atoms with E-state index in [0.717, 1.165) is 12.3 Å². The van der Waals surface area contributed by atoms with Crippen molar-refractivity contribution in [1.82, 2.24) is 10.3 Å². The Morgan fingerprint density at radius 1 is 1.61 bits per heavy atom. The maximum absolute atomic E-state index is 11.6. The Kier molecular flexibility index (Phi) is 4.16. The SMILES string of the molecule is C[C@@H](NC(=O)c1cc([N+](=O)[O-])cnc1Cl)C(=O)O. The second-order valence-corrected chi connectivity index (χ2v) is 3.68. The van der Waals surface area contributed by atoms with Crippen LogP contribution in [0.15, 0.2) is 12.3 Å². The summed E-state index contributed by atoms with van der Waals surface area (Å²) in [6, 6.07) is -0.216. The highest BCUT2D eigenvalue weighted by molar-refractivity contribution is 6.32. The molecule has 1 aromatic rings. The van der Waals surface area contributed by atoms with Crippen molar-refractivity contribution in [2.75, 3.05) is 0 Å². The van der Waals surface area contributed by atoms with Gasteiger partial charge in [-0.1, -0.05) is 11.6 Å². The number of halogens is 1. The third-order valence-electron chi connectivity index (χ3n) is 2.00. The molecule has 0 bridgehead atoms. The molecule has 0 aromatic carbocycles. The topological polar surface area (TPSA) is 122 Å². The van der Waals surface area contributed by atoms with E-state index >= 15 is 0 Å². The van der Waals surface area contributed by atoms with Crippen LogP contribution in [-0.4, -0.2) is 32.9 Å². The van der Waals surface area contributed by atoms with Crippen LogP contribution in [0.2, 0.25) is 5.15 Å². The minimum absolute atomic E-state index is 0.240. The van der Waals surface area contributed by atoms with Crippen molar-refractivity contribution in [3.8, 4) is 0 Å². The van der Waals surface area contributed by atoms with Crippen LogP contribution in [0.3, 0.4) is 0 Å². The van der Waals surface area contributed by atoms with E-state index in [4.69, 9.17) is 16.7 Å². The fraction of sp³-hybridized carbons (Fsp3) is 0.222. The number of rotatable bonds is 4. The quantitative estimate of drug-likeness (QED) is 0.476. The van der Waals surface area contributed by atoms with Gasteiger partial charge >= 0.3 is 5.97 Å². The van der Waals surface area contributed by atoms with E-state index in [1.807, 2.05) is 0 Å². The lowest BCUT2D eigenvalue weighted by molar-refractivity contribution is -0.385. The average molecular weight is 274 g/mol. The average Bonchev–Trinajstić information content (AvgIpc) is 2.28. The molecular weight excluding hydrogens is 266 g/mol. The van der Waals surface area contributed by atoms with Crippen molar-refractivity contribution >= 4 is 29.2 Å². The molecule has 1 amide bonds. The highest BCUT2D eigenvalue weighted by atomic mass is 35.5. The lowest BCUT2D eigenvalue weighted by Crippen LogP contribution is -2.38. The zero-order valence-electron chi connectivity index (χ0n) is 9.08. The molecule has 0 fully saturated rings. The molecule has 96 valence electrons. The minimum Gasteiger partial charge on any atom is -0.480 e. The number of hydrogen-bond donors (Lipinski definition) is 2. The van der Waals surface area contributed by atoms with Gasteiger partial charge in [0.05, 0.1) is 10.5 Å². The molecule has 2 N–H and O–H groups in total. The molecule has 0 unspecified atom stereocenters. The fourth-order valence-electron chi connectivity index (χ4n) is 1.03. The van der Waals surface area contributed by atoms with Crippen LogP contribution in [0.4, 0.5) is 5.69 Å². The Balaban J connectivity index is 3.01. The van der Waals surface area contributed by atoms with Crippen LogP contribution in [0.25, 0.3) is 0 Å². The van der Waals surface area contributed by atoms with Crippen LogP contribution in [-0.2, 0) is 4.79 Å². The summed E-state index contributed by atoms with van der Waals surface area (Å²) in [4.78, 5) is 35.5. The fourth-order valence-corrected chi connectivity index (χ4v) is 1.22. The van der Waals surface area contributed by atoms with E-state index in [9.17, 15) is 19.7 Å². The van der Waals surface area contributed by atoms with E-state index in [0.29, 0.717) is 0 Å². The van der Waals surface area contributed by atoms with Crippen LogP contribution >= 0.6 is 11.6 Å². The van der Waals surface area contributed by atoms with Gasteiger partial charge in [0.2, 0.25) is 0 Å². The highest BCUT2D eigenvalue weighted by Crippen LogP contribution is 2.18. The van der Waals surface area contributed by atoms with Crippen LogP contribution in [0, 0.1) is 10.1 Å². The molecule has 0 saturated heterocycles. The van der Waals surface area contributed by atoms with Crippen molar-refractivity contribution in [1.29, 1.82) is 0 Å². The molecule has 0 saturated carbocycles. The van der Waals surface area contributed by atoms with Crippen molar-refractivity contribution in [2.24, 2.45) is 0 Å². The van der Waals surface area contributed by atoms with Gasteiger partial charge in [-0.3, -0.25) is 19.7 Å². The lowest BCUT2D eigenvalue weighted by atomic mass is 10.2. The second-order valence-electron chi connectivity index (χ2n) is 3.32. The Bertz CT molecular complexity index is 519. The number of pyridine rings is 1. The molecule has 9 heteroatoms. The van der Waals surface area contributed by atoms with Crippen LogP contribution in [0.1, 0.15) is 17.3 Å². The molecule has 0 radical (unpaired) electrons. The van der Waals surface area contributed by atoms with Gasteiger partial charge in [0, 0.05) is 6.07 Å². The normalized spacial score (nSPS) is 11.7. The van der Waals surface area contributed by atoms with E-state index in [1.165, 1.54) is 6.92 Å². The largest absolute Gasteiger partial charge is 0.480 e. The first-order chi connectivity index (χ1) is 8.32. The first-order valence-corrected chi connectivity index (χ1v) is 5.04. The molecule has 0 aliphatic carbocycles. The maximum atomic E-state index is 11.6. The predicted octanol–water partition coefficient (Wildman–Crippen LogP) is 0.846. The zero-order valence-corrected chi connectivity index (χ0v) is 9.84. The smallest absolute Gasteiger partial charge is 0.325 e. The van der Waals surface area contributed by atoms with Crippen molar-refractivity contribution in [3.63, 3.8) is 0 Å². The van der Waals surface area contributed by atoms with Gasteiger partial charge in [0.25, 0.3) is 11.6 Å². The molecule has 0 aliphatic heterocycles. The second kappa shape index (κ2) is 5.41. The number of aliphatic carboxylic acids is 1. The number of nitro groups is 1. The Morgan fingerprint density at radius 3 is 2.72 bits per heavy atom. The summed E-state index contributed by atoms with van der Waals surface area (Å²) >= 11 is 5.62. The maximum Gasteiger partial charge on any atom is 0.325 e. The monoisotopic (exact) mass is 273 g/mol. The summed E-state index contributed by atoms with van der Waals surface area (Å²) < 4.78 is 0. The van der Waals surface area contributed by atoms with Gasteiger partial charge in [-0.25, -0.2) is 4.98 Å². The number of amides is 1. The van der Waals surface area contributed by atoms with Gasteiger partial charge in [-0.2, -0.15) is 0 Å². The molecule has 1 heterocycles. The molecule has 0 spiro atoms. The van der Waals surface area contributed by atoms with E-state index in [1.54, 1.807) is 0 Å². The molecule has 1 rings (SSSR count). The number of hydrogen-bond acceptors (Lipinski definition) is 5. The van der Waals surface area contributed by atoms with Gasteiger partial charge in [0.15, 0.2) is 0 Å². The third kappa shape index (κ3) is 3.14. The summed E-state index contributed by atoms with van der Waals surface area (Å²) in [5, 5.41) is 21.0. The number of carboxylic acid groups (broad SMARTS) is 1. The van der Waals surface area contributed by atoms with Crippen molar-refractivity contribution < 1.29 is 19.6 Å². The Morgan fingerprint density at radius 2 is 2.22 bits per heavy atom. The van der Waals surface area contributed by atoms with E-state index in [-0.39, 0.29) is 10.7 Å². The first-order valence-electron chi connectivity index (χ1n) is 4.66. The number of aromatic nitrogens is 1. The van der Waals surface area contributed by atoms with Crippen molar-refractivity contribution in [3.05, 3.63) is 33.1 Å². The summed E-state index contributed by atoms with van der Waals surface area (Å²) in [5.41, 5.74) is -0.661. The lowest BCUT2D eigenvalue weighted by Gasteiger charge is -2.09. The standard InChI is InChI=1S/C9H8ClN3O5/c1-4(9(15)16)12-8(14)6-2-5(13(17)18)3-11-7(6)10/h2-4H,1H3,(H,12,14)(H,15,16)/t4-/m1/s1. The Labute approximate surface area is 106 Å². The number of nitrogens with zero attached hydrogens (tertiary/aromatic N) is 2. The summed E-state index contributed by atoms with van der Waals surface area (Å²) in [6.07, 6.45) is 0.903. The van der Waals surface area contributed by atoms with E-state index < -0.39 is 28.5 Å². The minimum atomic E-state index is -1.24. The Hall–Kier alpha value is -2.22. The van der Waals surface area contributed by atoms with Crippen molar-refractivity contribution in [2.45, 2.75) is 13.0 Å². The zero-order chi connectivity index (χ0) is 13.9. The number of carbonyl (C=O) groups is 2. The summed E-state index contributed by atoms with van der Waals surface area (Å²) in [7, 11) is 0. The predicted molar refractivity (Wildman–Crippen MR) is 60.5 cm³/mol. The highest BCUT2D eigenvalue weighted by Gasteiger charge is 2.20. The number of carbonyl (C=O) groups excluding carboxylic acids is 1. The van der Waals surface area contributed by atoms with E-state index in [2.05, 4.69) is 10.3 Å². The molecule has 8 nitrogen and oxygen atoms in total.